The molecule has 0 aliphatic carbocycles. The number of imide groups is 1. The van der Waals surface area contributed by atoms with E-state index in [4.69, 9.17) is 0 Å². The minimum absolute atomic E-state index is 0. The largest absolute Gasteiger partial charge is 0.296 e. The van der Waals surface area contributed by atoms with Crippen molar-refractivity contribution in [3.8, 4) is 0 Å². The maximum Gasteiger partial charge on any atom is 0.230 e. The fourth-order valence-electron chi connectivity index (χ4n) is 3.78. The molecule has 3 nitrogen and oxygen atoms in total. The molecule has 1 heterocycles. The Bertz CT molecular complexity index is 360. The number of hydrogen-bond acceptors (Lipinski definition) is 2. The van der Waals surface area contributed by atoms with Crippen LogP contribution in [0.15, 0.2) is 0 Å². The second-order valence-electron chi connectivity index (χ2n) is 7.91. The van der Waals surface area contributed by atoms with E-state index in [0.717, 1.165) is 12.8 Å². The van der Waals surface area contributed by atoms with Gasteiger partial charge < -0.3 is 0 Å². The Morgan fingerprint density at radius 3 is 1.42 bits per heavy atom. The first kappa shape index (κ1) is 26.1. The molecule has 0 aromatic carbocycles. The van der Waals surface area contributed by atoms with Crippen LogP contribution in [0.1, 0.15) is 122 Å². The third-order valence-electron chi connectivity index (χ3n) is 5.47. The van der Waals surface area contributed by atoms with E-state index < -0.39 is 0 Å². The number of rotatable bonds is 17. The predicted molar refractivity (Wildman–Crippen MR) is 111 cm³/mol. The Morgan fingerprint density at radius 2 is 1.08 bits per heavy atom. The minimum Gasteiger partial charge on any atom is -0.296 e. The molecule has 1 aliphatic heterocycles. The number of carbonyl (C=O) groups is 2. The van der Waals surface area contributed by atoms with Crippen LogP contribution in [-0.4, -0.2) is 41.4 Å². The van der Waals surface area contributed by atoms with Gasteiger partial charge >= 0.3 is 0 Å². The third-order valence-corrected chi connectivity index (χ3v) is 5.47. The summed E-state index contributed by atoms with van der Waals surface area (Å²) in [5.74, 6) is -0.184. The van der Waals surface area contributed by atoms with Crippen molar-refractivity contribution in [2.75, 3.05) is 0 Å². The molecule has 2 amide bonds. The molecule has 4 heteroatoms. The van der Waals surface area contributed by atoms with Gasteiger partial charge in [0.1, 0.15) is 0 Å². The maximum atomic E-state index is 11.4. The second kappa shape index (κ2) is 18.5. The Morgan fingerprint density at radius 1 is 0.692 bits per heavy atom. The molecule has 147 valence electrons. The van der Waals surface area contributed by atoms with E-state index in [1.54, 1.807) is 0 Å². The van der Waals surface area contributed by atoms with Crippen molar-refractivity contribution in [3.05, 3.63) is 0 Å². The van der Waals surface area contributed by atoms with Crippen molar-refractivity contribution in [2.45, 2.75) is 122 Å². The van der Waals surface area contributed by atoms with Gasteiger partial charge in [-0.2, -0.15) is 0 Å². The molecule has 0 saturated carbocycles. The summed E-state index contributed by atoms with van der Waals surface area (Å²) in [5.41, 5.74) is 0. The molecule has 1 rings (SSSR count). The summed E-state index contributed by atoms with van der Waals surface area (Å²) >= 11 is 0. The zero-order valence-corrected chi connectivity index (χ0v) is 19.6. The van der Waals surface area contributed by atoms with Crippen molar-refractivity contribution in [1.29, 1.82) is 0 Å². The van der Waals surface area contributed by atoms with E-state index in [2.05, 4.69) is 12.2 Å². The van der Waals surface area contributed by atoms with Crippen LogP contribution in [0.2, 0.25) is 0 Å². The van der Waals surface area contributed by atoms with Crippen molar-refractivity contribution in [2.24, 2.45) is 5.92 Å². The van der Waals surface area contributed by atoms with E-state index in [1.165, 1.54) is 96.3 Å². The van der Waals surface area contributed by atoms with E-state index in [1.807, 2.05) is 0 Å². The van der Waals surface area contributed by atoms with Crippen LogP contribution in [0.5, 0.6) is 0 Å². The van der Waals surface area contributed by atoms with E-state index >= 15 is 0 Å². The van der Waals surface area contributed by atoms with Crippen LogP contribution in [-0.2, 0) is 9.59 Å². The first-order chi connectivity index (χ1) is 12.2. The van der Waals surface area contributed by atoms with Crippen molar-refractivity contribution >= 4 is 41.4 Å². The smallest absolute Gasteiger partial charge is 0.230 e. The average molecular weight is 375 g/mol. The van der Waals surface area contributed by atoms with Gasteiger partial charge in [-0.05, 0) is 6.42 Å². The zero-order chi connectivity index (χ0) is 18.2. The van der Waals surface area contributed by atoms with Gasteiger partial charge in [0.05, 0.1) is 0 Å². The van der Waals surface area contributed by atoms with Gasteiger partial charge in [0.15, 0.2) is 0 Å². The van der Waals surface area contributed by atoms with Gasteiger partial charge in [0, 0.05) is 41.9 Å². The van der Waals surface area contributed by atoms with Gasteiger partial charge in [0.2, 0.25) is 11.8 Å². The average Bonchev–Trinajstić information content (AvgIpc) is 2.92. The fraction of sp³-hybridized carbons (Fsp3) is 0.909. The van der Waals surface area contributed by atoms with E-state index in [9.17, 15) is 9.59 Å². The summed E-state index contributed by atoms with van der Waals surface area (Å²) in [6, 6.07) is 0. The molecule has 1 aliphatic rings. The maximum absolute atomic E-state index is 11.4. The van der Waals surface area contributed by atoms with Crippen LogP contribution < -0.4 is 5.32 Å². The first-order valence-electron chi connectivity index (χ1n) is 11.1. The van der Waals surface area contributed by atoms with Crippen molar-refractivity contribution in [3.63, 3.8) is 0 Å². The summed E-state index contributed by atoms with van der Waals surface area (Å²) in [7, 11) is 0. The molecular weight excluding hydrogens is 333 g/mol. The quantitative estimate of drug-likeness (QED) is 0.195. The molecule has 0 bridgehead atoms. The van der Waals surface area contributed by atoms with Gasteiger partial charge in [-0.1, -0.05) is 110 Å². The minimum atomic E-state index is -0.0912. The second-order valence-corrected chi connectivity index (χ2v) is 7.91. The van der Waals surface area contributed by atoms with E-state index in [0.29, 0.717) is 6.42 Å². The Kier molecular flexibility index (Phi) is 18.6. The van der Waals surface area contributed by atoms with Crippen molar-refractivity contribution in [1.82, 2.24) is 5.32 Å². The molecule has 1 atom stereocenters. The molecule has 1 fully saturated rings. The van der Waals surface area contributed by atoms with Crippen LogP contribution in [0.3, 0.4) is 0 Å². The standard InChI is InChI=1S/C22H41NO2.Na/c1-2-3-4-5-6-7-8-9-10-11-12-13-14-15-16-17-18-20-19-21(24)23-22(20)25;/h20H,2-19H2,1H3,(H,23,24,25);. The number of unbranched alkanes of at least 4 members (excludes halogenated alkanes) is 15. The van der Waals surface area contributed by atoms with Crippen LogP contribution in [0.4, 0.5) is 0 Å². The zero-order valence-electron chi connectivity index (χ0n) is 17.6. The number of nitrogens with one attached hydrogen (secondary N) is 1. The first-order valence-corrected chi connectivity index (χ1v) is 11.1. The van der Waals surface area contributed by atoms with Gasteiger partial charge in [-0.25, -0.2) is 0 Å². The van der Waals surface area contributed by atoms with Crippen LogP contribution in [0.25, 0.3) is 0 Å². The normalized spacial score (nSPS) is 16.6. The summed E-state index contributed by atoms with van der Waals surface area (Å²) in [4.78, 5) is 22.5. The summed E-state index contributed by atoms with van der Waals surface area (Å²) in [6.07, 6.45) is 23.1. The van der Waals surface area contributed by atoms with Gasteiger partial charge in [-0.3, -0.25) is 14.9 Å². The molecule has 1 radical (unpaired) electrons. The summed E-state index contributed by atoms with van der Waals surface area (Å²) < 4.78 is 0. The topological polar surface area (TPSA) is 46.2 Å². The molecule has 1 saturated heterocycles. The van der Waals surface area contributed by atoms with Gasteiger partial charge in [0.25, 0.3) is 0 Å². The Balaban J connectivity index is 0.00000625. The number of amides is 2. The molecule has 0 spiro atoms. The van der Waals surface area contributed by atoms with Crippen LogP contribution >= 0.6 is 0 Å². The van der Waals surface area contributed by atoms with Gasteiger partial charge in [-0.15, -0.1) is 0 Å². The van der Waals surface area contributed by atoms with Crippen LogP contribution in [0, 0.1) is 5.92 Å². The molecule has 1 unspecified atom stereocenters. The number of hydrogen-bond donors (Lipinski definition) is 1. The SMILES string of the molecule is CCCCCCCCCCCCCCCCCCC1CC(=O)NC1=O.[Na]. The summed E-state index contributed by atoms with van der Waals surface area (Å²) in [5, 5.41) is 2.39. The Hall–Kier alpha value is 0.140. The molecule has 26 heavy (non-hydrogen) atoms. The number of carbonyl (C=O) groups excluding carboxylic acids is 2. The van der Waals surface area contributed by atoms with Crippen molar-refractivity contribution < 1.29 is 9.59 Å². The monoisotopic (exact) mass is 374 g/mol. The Labute approximate surface area is 184 Å². The molecule has 0 aromatic heterocycles. The summed E-state index contributed by atoms with van der Waals surface area (Å²) in [6.45, 7) is 2.28. The van der Waals surface area contributed by atoms with E-state index in [-0.39, 0.29) is 47.3 Å². The predicted octanol–water partition coefficient (Wildman–Crippen LogP) is 5.92. The third kappa shape index (κ3) is 14.2. The molecular formula is C22H41NNaO2. The molecule has 1 N–H and O–H groups in total. The fourth-order valence-corrected chi connectivity index (χ4v) is 3.78. The molecule has 0 aromatic rings.